The van der Waals surface area contributed by atoms with Crippen molar-refractivity contribution in [1.29, 1.82) is 0 Å². The second kappa shape index (κ2) is 7.69. The molecule has 1 aliphatic rings. The molecule has 8 heteroatoms. The Bertz CT molecular complexity index is 659. The number of likely N-dealkylation sites (N-methyl/N-ethyl adjacent to an activating group) is 1. The summed E-state index contributed by atoms with van der Waals surface area (Å²) >= 11 is 0. The molecule has 1 aromatic heterocycles. The van der Waals surface area contributed by atoms with Crippen molar-refractivity contribution in [3.63, 3.8) is 0 Å². The molecule has 2 N–H and O–H groups in total. The van der Waals surface area contributed by atoms with Crippen molar-refractivity contribution in [2.45, 2.75) is 39.2 Å². The molecule has 0 saturated carbocycles. The van der Waals surface area contributed by atoms with E-state index >= 15 is 0 Å². The van der Waals surface area contributed by atoms with Crippen LogP contribution in [-0.4, -0.2) is 52.8 Å². The van der Waals surface area contributed by atoms with Gasteiger partial charge in [0.25, 0.3) is 5.91 Å². The summed E-state index contributed by atoms with van der Waals surface area (Å²) in [5.41, 5.74) is -0.137. The van der Waals surface area contributed by atoms with E-state index in [9.17, 15) is 9.59 Å². The number of amides is 2. The molecule has 1 fully saturated rings. The highest BCUT2D eigenvalue weighted by atomic mass is 16.5. The summed E-state index contributed by atoms with van der Waals surface area (Å²) in [5.74, 6) is -0.134. The third-order valence-corrected chi connectivity index (χ3v) is 4.60. The fraction of sp³-hybridized carbons (Fsp3) is 0.588. The topological polar surface area (TPSA) is 105 Å². The van der Waals surface area contributed by atoms with E-state index < -0.39 is 5.54 Å². The first-order valence-electron chi connectivity index (χ1n) is 8.19. The summed E-state index contributed by atoms with van der Waals surface area (Å²) in [6.45, 7) is 6.27. The standard InChI is InChI=1S/C17H25N3O5/c1-11(9-21)13-8-14(25-19-13)18-16(23)17(2,3)20(4)15(22)7-12-5-6-24-10-12/h8-9,12,21H,5-7,10H2,1-4H3,(H,18,23)/b11-9+/t12-/m1/s1. The zero-order valence-electron chi connectivity index (χ0n) is 15.0. The number of aliphatic hydroxyl groups excluding tert-OH is 1. The number of anilines is 1. The van der Waals surface area contributed by atoms with Crippen molar-refractivity contribution >= 4 is 23.3 Å². The Balaban J connectivity index is 2.00. The van der Waals surface area contributed by atoms with Gasteiger partial charge in [-0.3, -0.25) is 14.9 Å². The van der Waals surface area contributed by atoms with Crippen LogP contribution >= 0.6 is 0 Å². The largest absolute Gasteiger partial charge is 0.515 e. The zero-order chi connectivity index (χ0) is 18.6. The van der Waals surface area contributed by atoms with Crippen LogP contribution in [0.25, 0.3) is 5.57 Å². The van der Waals surface area contributed by atoms with E-state index in [-0.39, 0.29) is 23.6 Å². The minimum Gasteiger partial charge on any atom is -0.515 e. The Kier molecular flexibility index (Phi) is 5.84. The SMILES string of the molecule is C/C(=C\O)c1cc(NC(=O)C(C)(C)N(C)C(=O)C[C@H]2CCOC2)on1. The molecule has 138 valence electrons. The van der Waals surface area contributed by atoms with Gasteiger partial charge in [0.05, 0.1) is 6.26 Å². The summed E-state index contributed by atoms with van der Waals surface area (Å²) in [6.07, 6.45) is 2.14. The molecule has 1 atom stereocenters. The van der Waals surface area contributed by atoms with Gasteiger partial charge in [-0.2, -0.15) is 0 Å². The second-order valence-electron chi connectivity index (χ2n) is 6.79. The lowest BCUT2D eigenvalue weighted by molar-refractivity contribution is -0.142. The maximum atomic E-state index is 12.6. The number of carbonyl (C=O) groups is 2. The van der Waals surface area contributed by atoms with Crippen LogP contribution in [0.5, 0.6) is 0 Å². The molecule has 0 aliphatic carbocycles. The fourth-order valence-corrected chi connectivity index (χ4v) is 2.44. The molecule has 25 heavy (non-hydrogen) atoms. The lowest BCUT2D eigenvalue weighted by atomic mass is 9.98. The van der Waals surface area contributed by atoms with Gasteiger partial charge in [-0.1, -0.05) is 5.16 Å². The van der Waals surface area contributed by atoms with Crippen LogP contribution in [0.1, 0.15) is 39.3 Å². The Morgan fingerprint density at radius 3 is 2.84 bits per heavy atom. The smallest absolute Gasteiger partial charge is 0.252 e. The number of aliphatic hydroxyl groups is 1. The van der Waals surface area contributed by atoms with Gasteiger partial charge >= 0.3 is 0 Å². The highest BCUT2D eigenvalue weighted by molar-refractivity contribution is 5.99. The van der Waals surface area contributed by atoms with E-state index in [2.05, 4.69) is 10.5 Å². The number of nitrogens with one attached hydrogen (secondary N) is 1. The van der Waals surface area contributed by atoms with E-state index in [4.69, 9.17) is 14.4 Å². The van der Waals surface area contributed by atoms with Gasteiger partial charge in [-0.05, 0) is 33.1 Å². The van der Waals surface area contributed by atoms with Crippen LogP contribution in [0.3, 0.4) is 0 Å². The molecule has 2 heterocycles. The maximum Gasteiger partial charge on any atom is 0.252 e. The quantitative estimate of drug-likeness (QED) is 0.761. The van der Waals surface area contributed by atoms with Crippen LogP contribution in [0, 0.1) is 5.92 Å². The first-order valence-corrected chi connectivity index (χ1v) is 8.19. The van der Waals surface area contributed by atoms with Crippen molar-refractivity contribution in [2.24, 2.45) is 5.92 Å². The molecule has 8 nitrogen and oxygen atoms in total. The number of hydrogen-bond acceptors (Lipinski definition) is 6. The van der Waals surface area contributed by atoms with Crippen LogP contribution in [-0.2, 0) is 14.3 Å². The van der Waals surface area contributed by atoms with Crippen molar-refractivity contribution in [3.8, 4) is 0 Å². The highest BCUT2D eigenvalue weighted by Gasteiger charge is 2.36. The van der Waals surface area contributed by atoms with Gasteiger partial charge in [0, 0.05) is 38.3 Å². The molecule has 0 radical (unpaired) electrons. The molecule has 1 aliphatic heterocycles. The van der Waals surface area contributed by atoms with Crippen molar-refractivity contribution < 1.29 is 24.0 Å². The summed E-state index contributed by atoms with van der Waals surface area (Å²) in [7, 11) is 1.61. The molecule has 2 amide bonds. The molecule has 0 unspecified atom stereocenters. The monoisotopic (exact) mass is 351 g/mol. The van der Waals surface area contributed by atoms with Gasteiger partial charge in [-0.15, -0.1) is 0 Å². The third kappa shape index (κ3) is 4.39. The van der Waals surface area contributed by atoms with Crippen molar-refractivity contribution in [1.82, 2.24) is 10.1 Å². The predicted octanol–water partition coefficient (Wildman–Crippen LogP) is 2.20. The van der Waals surface area contributed by atoms with Gasteiger partial charge in [-0.25, -0.2) is 0 Å². The minimum atomic E-state index is -1.06. The van der Waals surface area contributed by atoms with Crippen LogP contribution in [0.2, 0.25) is 0 Å². The van der Waals surface area contributed by atoms with Crippen LogP contribution < -0.4 is 5.32 Å². The van der Waals surface area contributed by atoms with Crippen LogP contribution in [0.4, 0.5) is 5.88 Å². The Labute approximate surface area is 146 Å². The Morgan fingerprint density at radius 1 is 1.52 bits per heavy atom. The first kappa shape index (κ1) is 19.0. The second-order valence-corrected chi connectivity index (χ2v) is 6.79. The summed E-state index contributed by atoms with van der Waals surface area (Å²) in [6, 6.07) is 1.51. The molecule has 2 rings (SSSR count). The number of ether oxygens (including phenoxy) is 1. The number of hydrogen-bond donors (Lipinski definition) is 2. The van der Waals surface area contributed by atoms with E-state index in [1.165, 1.54) is 11.0 Å². The summed E-state index contributed by atoms with van der Waals surface area (Å²) < 4.78 is 10.3. The molecular formula is C17H25N3O5. The van der Waals surface area contributed by atoms with Crippen molar-refractivity contribution in [3.05, 3.63) is 18.0 Å². The number of nitrogens with zero attached hydrogens (tertiary/aromatic N) is 2. The number of rotatable bonds is 6. The van der Waals surface area contributed by atoms with Crippen LogP contribution in [0.15, 0.2) is 16.9 Å². The van der Waals surface area contributed by atoms with Gasteiger partial charge in [0.15, 0.2) is 0 Å². The highest BCUT2D eigenvalue weighted by Crippen LogP contribution is 2.23. The predicted molar refractivity (Wildman–Crippen MR) is 91.8 cm³/mol. The Hall–Kier alpha value is -2.35. The van der Waals surface area contributed by atoms with Gasteiger partial charge in [0.2, 0.25) is 11.8 Å². The van der Waals surface area contributed by atoms with Crippen molar-refractivity contribution in [2.75, 3.05) is 25.6 Å². The van der Waals surface area contributed by atoms with E-state index in [1.54, 1.807) is 27.8 Å². The average molecular weight is 351 g/mol. The van der Waals surface area contributed by atoms with E-state index in [0.29, 0.717) is 30.9 Å². The Morgan fingerprint density at radius 2 is 2.24 bits per heavy atom. The number of carbonyl (C=O) groups excluding carboxylic acids is 2. The first-order chi connectivity index (χ1) is 11.8. The third-order valence-electron chi connectivity index (χ3n) is 4.60. The van der Waals surface area contributed by atoms with Gasteiger partial charge < -0.3 is 19.3 Å². The summed E-state index contributed by atoms with van der Waals surface area (Å²) in [5, 5.41) is 15.3. The molecule has 0 bridgehead atoms. The zero-order valence-corrected chi connectivity index (χ0v) is 15.0. The number of aromatic nitrogens is 1. The number of allylic oxidation sites excluding steroid dienone is 1. The normalized spacial score (nSPS) is 18.2. The van der Waals surface area contributed by atoms with Gasteiger partial charge in [0.1, 0.15) is 11.2 Å². The molecular weight excluding hydrogens is 326 g/mol. The van der Waals surface area contributed by atoms with E-state index in [0.717, 1.165) is 12.7 Å². The molecule has 1 saturated heterocycles. The summed E-state index contributed by atoms with van der Waals surface area (Å²) in [4.78, 5) is 26.5. The van der Waals surface area contributed by atoms with E-state index in [1.807, 2.05) is 0 Å². The molecule has 1 aromatic rings. The molecule has 0 spiro atoms. The fourth-order valence-electron chi connectivity index (χ4n) is 2.44. The average Bonchev–Trinajstić information content (AvgIpc) is 3.25. The lowest BCUT2D eigenvalue weighted by Gasteiger charge is -2.34. The minimum absolute atomic E-state index is 0.104. The lowest BCUT2D eigenvalue weighted by Crippen LogP contribution is -2.53. The maximum absolute atomic E-state index is 12.6. The molecule has 0 aromatic carbocycles.